The lowest BCUT2D eigenvalue weighted by atomic mass is 9.87. The number of carbonyl (C=O) groups excluding carboxylic acids is 1. The standard InChI is InChI=1S/C13H17N3O2/c17-11-13(6-8-14-9-7-13)15-12(18)16(11)10-4-2-1-3-5-10/h1-5,11,14,17H,6-9H2,(H,15,18). The smallest absolute Gasteiger partial charge is 0.324 e. The first-order chi connectivity index (χ1) is 8.73. The van der Waals surface area contributed by atoms with Crippen molar-refractivity contribution in [2.45, 2.75) is 24.6 Å². The summed E-state index contributed by atoms with van der Waals surface area (Å²) < 4.78 is 0. The zero-order chi connectivity index (χ0) is 12.6. The van der Waals surface area contributed by atoms with Crippen molar-refractivity contribution in [3.05, 3.63) is 30.3 Å². The molecule has 0 aliphatic carbocycles. The minimum Gasteiger partial charge on any atom is -0.371 e. The van der Waals surface area contributed by atoms with E-state index in [2.05, 4.69) is 10.6 Å². The van der Waals surface area contributed by atoms with Crippen LogP contribution < -0.4 is 15.5 Å². The van der Waals surface area contributed by atoms with Crippen molar-refractivity contribution in [2.24, 2.45) is 0 Å². The summed E-state index contributed by atoms with van der Waals surface area (Å²) in [5.41, 5.74) is 0.232. The van der Waals surface area contributed by atoms with Gasteiger partial charge in [0.05, 0.1) is 5.54 Å². The fourth-order valence-electron chi connectivity index (χ4n) is 2.80. The average molecular weight is 247 g/mol. The number of rotatable bonds is 1. The summed E-state index contributed by atoms with van der Waals surface area (Å²) in [6, 6.07) is 9.08. The topological polar surface area (TPSA) is 64.6 Å². The number of amides is 2. The number of hydrogen-bond donors (Lipinski definition) is 3. The van der Waals surface area contributed by atoms with Crippen molar-refractivity contribution >= 4 is 11.7 Å². The van der Waals surface area contributed by atoms with Crippen molar-refractivity contribution in [3.63, 3.8) is 0 Å². The summed E-state index contributed by atoms with van der Waals surface area (Å²) in [7, 11) is 0. The second kappa shape index (κ2) is 4.26. The number of nitrogens with one attached hydrogen (secondary N) is 2. The van der Waals surface area contributed by atoms with Gasteiger partial charge in [-0.2, -0.15) is 0 Å². The second-order valence-corrected chi connectivity index (χ2v) is 4.92. The molecule has 18 heavy (non-hydrogen) atoms. The molecule has 3 rings (SSSR count). The van der Waals surface area contributed by atoms with Gasteiger partial charge in [-0.25, -0.2) is 4.79 Å². The molecule has 2 heterocycles. The molecule has 2 fully saturated rings. The van der Waals surface area contributed by atoms with Crippen LogP contribution in [0.5, 0.6) is 0 Å². The van der Waals surface area contributed by atoms with Gasteiger partial charge in [0.1, 0.15) is 0 Å². The molecule has 5 heteroatoms. The Morgan fingerprint density at radius 2 is 1.89 bits per heavy atom. The fourth-order valence-corrected chi connectivity index (χ4v) is 2.80. The number of aliphatic hydroxyl groups is 1. The molecule has 0 aromatic heterocycles. The molecule has 3 N–H and O–H groups in total. The Labute approximate surface area is 106 Å². The molecule has 1 spiro atoms. The van der Waals surface area contributed by atoms with Gasteiger partial charge in [0, 0.05) is 5.69 Å². The quantitative estimate of drug-likeness (QED) is 0.683. The van der Waals surface area contributed by atoms with Gasteiger partial charge in [-0.05, 0) is 38.1 Å². The van der Waals surface area contributed by atoms with Crippen molar-refractivity contribution in [1.82, 2.24) is 10.6 Å². The van der Waals surface area contributed by atoms with Gasteiger partial charge in [0.2, 0.25) is 0 Å². The van der Waals surface area contributed by atoms with Crippen LogP contribution in [0.2, 0.25) is 0 Å². The van der Waals surface area contributed by atoms with E-state index in [-0.39, 0.29) is 6.03 Å². The normalized spacial score (nSPS) is 26.4. The van der Waals surface area contributed by atoms with Gasteiger partial charge in [0.15, 0.2) is 6.23 Å². The lowest BCUT2D eigenvalue weighted by molar-refractivity contribution is 0.0765. The third kappa shape index (κ3) is 1.67. The molecule has 1 aromatic carbocycles. The molecule has 2 saturated heterocycles. The van der Waals surface area contributed by atoms with E-state index in [1.807, 2.05) is 30.3 Å². The van der Waals surface area contributed by atoms with Gasteiger partial charge in [-0.1, -0.05) is 18.2 Å². The average Bonchev–Trinajstić information content (AvgIpc) is 2.63. The summed E-state index contributed by atoms with van der Waals surface area (Å²) in [4.78, 5) is 13.5. The van der Waals surface area contributed by atoms with E-state index in [4.69, 9.17) is 0 Å². The molecule has 2 amide bonds. The van der Waals surface area contributed by atoms with Crippen molar-refractivity contribution < 1.29 is 9.90 Å². The molecule has 2 aliphatic heterocycles. The van der Waals surface area contributed by atoms with E-state index in [1.54, 1.807) is 0 Å². The number of piperidine rings is 1. The number of hydrogen-bond acceptors (Lipinski definition) is 3. The molecule has 0 radical (unpaired) electrons. The minimum absolute atomic E-state index is 0.212. The minimum atomic E-state index is -0.797. The Morgan fingerprint density at radius 1 is 1.22 bits per heavy atom. The number of aliphatic hydroxyl groups excluding tert-OH is 1. The van der Waals surface area contributed by atoms with E-state index in [0.717, 1.165) is 31.6 Å². The predicted octanol–water partition coefficient (Wildman–Crippen LogP) is 0.657. The third-order valence-electron chi connectivity index (χ3n) is 3.84. The largest absolute Gasteiger partial charge is 0.371 e. The zero-order valence-electron chi connectivity index (χ0n) is 10.1. The molecular formula is C13H17N3O2. The van der Waals surface area contributed by atoms with E-state index in [9.17, 15) is 9.90 Å². The van der Waals surface area contributed by atoms with E-state index in [1.165, 1.54) is 4.90 Å². The van der Waals surface area contributed by atoms with Crippen molar-refractivity contribution in [3.8, 4) is 0 Å². The molecule has 1 atom stereocenters. The highest BCUT2D eigenvalue weighted by atomic mass is 16.3. The first-order valence-electron chi connectivity index (χ1n) is 6.28. The third-order valence-corrected chi connectivity index (χ3v) is 3.84. The van der Waals surface area contributed by atoms with E-state index in [0.29, 0.717) is 0 Å². The summed E-state index contributed by atoms with van der Waals surface area (Å²) in [6.07, 6.45) is 0.710. The van der Waals surface area contributed by atoms with Crippen LogP contribution in [-0.2, 0) is 0 Å². The van der Waals surface area contributed by atoms with Crippen LogP contribution in [-0.4, -0.2) is 36.0 Å². The van der Waals surface area contributed by atoms with Crippen LogP contribution in [0.1, 0.15) is 12.8 Å². The van der Waals surface area contributed by atoms with Gasteiger partial charge < -0.3 is 15.7 Å². The Morgan fingerprint density at radius 3 is 2.56 bits per heavy atom. The molecule has 0 bridgehead atoms. The number of carbonyl (C=O) groups is 1. The van der Waals surface area contributed by atoms with Crippen LogP contribution in [0.4, 0.5) is 10.5 Å². The molecule has 0 saturated carbocycles. The van der Waals surface area contributed by atoms with Gasteiger partial charge in [-0.3, -0.25) is 4.90 Å². The van der Waals surface area contributed by atoms with E-state index >= 15 is 0 Å². The summed E-state index contributed by atoms with van der Waals surface area (Å²) in [5, 5.41) is 16.7. The number of benzene rings is 1. The Bertz CT molecular complexity index is 443. The highest BCUT2D eigenvalue weighted by Gasteiger charge is 2.51. The van der Waals surface area contributed by atoms with Crippen LogP contribution in [0, 0.1) is 0 Å². The number of nitrogens with zero attached hydrogens (tertiary/aromatic N) is 1. The molecule has 5 nitrogen and oxygen atoms in total. The lowest BCUT2D eigenvalue weighted by Crippen LogP contribution is -2.56. The fraction of sp³-hybridized carbons (Fsp3) is 0.462. The molecule has 96 valence electrons. The summed E-state index contributed by atoms with van der Waals surface area (Å²) in [5.74, 6) is 0. The molecular weight excluding hydrogens is 230 g/mol. The molecule has 1 aromatic rings. The van der Waals surface area contributed by atoms with Crippen LogP contribution in [0.15, 0.2) is 30.3 Å². The summed E-state index contributed by atoms with van der Waals surface area (Å²) in [6.45, 7) is 1.64. The van der Waals surface area contributed by atoms with Gasteiger partial charge in [0.25, 0.3) is 0 Å². The highest BCUT2D eigenvalue weighted by molar-refractivity contribution is 5.95. The number of anilines is 1. The lowest BCUT2D eigenvalue weighted by Gasteiger charge is -2.36. The highest BCUT2D eigenvalue weighted by Crippen LogP contribution is 2.33. The summed E-state index contributed by atoms with van der Waals surface area (Å²) >= 11 is 0. The maximum Gasteiger partial charge on any atom is 0.324 e. The maximum absolute atomic E-state index is 12.1. The molecule has 1 unspecified atom stereocenters. The van der Waals surface area contributed by atoms with Gasteiger partial charge in [-0.15, -0.1) is 0 Å². The van der Waals surface area contributed by atoms with Crippen LogP contribution >= 0.6 is 0 Å². The maximum atomic E-state index is 12.1. The van der Waals surface area contributed by atoms with Crippen molar-refractivity contribution in [1.29, 1.82) is 0 Å². The van der Waals surface area contributed by atoms with E-state index < -0.39 is 11.8 Å². The molecule has 2 aliphatic rings. The zero-order valence-corrected chi connectivity index (χ0v) is 10.1. The Hall–Kier alpha value is -1.59. The number of para-hydroxylation sites is 1. The number of urea groups is 1. The van der Waals surface area contributed by atoms with Gasteiger partial charge >= 0.3 is 6.03 Å². The Balaban J connectivity index is 1.91. The second-order valence-electron chi connectivity index (χ2n) is 4.92. The first kappa shape index (κ1) is 11.5. The predicted molar refractivity (Wildman–Crippen MR) is 68.3 cm³/mol. The van der Waals surface area contributed by atoms with Crippen LogP contribution in [0.25, 0.3) is 0 Å². The SMILES string of the molecule is O=C1NC2(CCNCC2)C(O)N1c1ccccc1. The first-order valence-corrected chi connectivity index (χ1v) is 6.28. The Kier molecular flexibility index (Phi) is 2.72. The van der Waals surface area contributed by atoms with Crippen LogP contribution in [0.3, 0.4) is 0 Å². The van der Waals surface area contributed by atoms with Crippen molar-refractivity contribution in [2.75, 3.05) is 18.0 Å². The monoisotopic (exact) mass is 247 g/mol.